The van der Waals surface area contributed by atoms with Gasteiger partial charge >= 0.3 is 0 Å². The highest BCUT2D eigenvalue weighted by Gasteiger charge is 2.12. The minimum Gasteiger partial charge on any atom is -0.441 e. The zero-order valence-electron chi connectivity index (χ0n) is 13.7. The highest BCUT2D eigenvalue weighted by Crippen LogP contribution is 2.20. The zero-order valence-corrected chi connectivity index (χ0v) is 13.7. The second kappa shape index (κ2) is 6.84. The van der Waals surface area contributed by atoms with Crippen LogP contribution in [0.25, 0.3) is 6.08 Å². The Bertz CT molecular complexity index is 795. The van der Waals surface area contributed by atoms with Crippen LogP contribution >= 0.6 is 0 Å². The lowest BCUT2D eigenvalue weighted by atomic mass is 10.1. The topological polar surface area (TPSA) is 69.3 Å². The molecule has 0 bridgehead atoms. The molecule has 1 N–H and O–H groups in total. The molecule has 2 aromatic rings. The minimum atomic E-state index is -0.455. The summed E-state index contributed by atoms with van der Waals surface area (Å²) in [7, 11) is 3.70. The van der Waals surface area contributed by atoms with Crippen molar-refractivity contribution >= 4 is 23.6 Å². The molecule has 1 heterocycles. The first kappa shape index (κ1) is 16.4. The fourth-order valence-electron chi connectivity index (χ4n) is 2.01. The van der Waals surface area contributed by atoms with Crippen molar-refractivity contribution in [3.05, 3.63) is 52.8 Å². The SMILES string of the molecule is Cc1ccc(C)c(NC(=O)/C(C#N)=C/c2ccc(N(C)C)o2)c1. The van der Waals surface area contributed by atoms with E-state index in [0.29, 0.717) is 17.3 Å². The molecule has 0 atom stereocenters. The van der Waals surface area contributed by atoms with E-state index in [1.54, 1.807) is 17.0 Å². The van der Waals surface area contributed by atoms with Gasteiger partial charge in [0.05, 0.1) is 0 Å². The van der Waals surface area contributed by atoms with Gasteiger partial charge in [-0.2, -0.15) is 5.26 Å². The Hall–Kier alpha value is -3.00. The maximum Gasteiger partial charge on any atom is 0.266 e. The van der Waals surface area contributed by atoms with Crippen LogP contribution in [0.2, 0.25) is 0 Å². The molecule has 1 aromatic carbocycles. The molecule has 1 amide bonds. The minimum absolute atomic E-state index is 0.00874. The Balaban J connectivity index is 2.22. The highest BCUT2D eigenvalue weighted by atomic mass is 16.4. The van der Waals surface area contributed by atoms with Crippen LogP contribution in [-0.4, -0.2) is 20.0 Å². The number of aryl methyl sites for hydroxylation is 2. The Kier molecular flexibility index (Phi) is 4.87. The van der Waals surface area contributed by atoms with Crippen LogP contribution in [0, 0.1) is 25.2 Å². The van der Waals surface area contributed by atoms with Crippen molar-refractivity contribution in [1.29, 1.82) is 5.26 Å². The predicted octanol–water partition coefficient (Wildman–Crippen LogP) is 3.51. The second-order valence-corrected chi connectivity index (χ2v) is 5.51. The first-order valence-electron chi connectivity index (χ1n) is 7.18. The Morgan fingerprint density at radius 1 is 1.26 bits per heavy atom. The van der Waals surface area contributed by atoms with Crippen molar-refractivity contribution in [1.82, 2.24) is 0 Å². The summed E-state index contributed by atoms with van der Waals surface area (Å²) in [5.41, 5.74) is 2.67. The number of nitrogens with one attached hydrogen (secondary N) is 1. The number of nitriles is 1. The summed E-state index contributed by atoms with van der Waals surface area (Å²) in [5, 5.41) is 12.0. The van der Waals surface area contributed by atoms with E-state index in [1.165, 1.54) is 6.08 Å². The molecular weight excluding hydrogens is 290 g/mol. The number of benzene rings is 1. The number of furan rings is 1. The van der Waals surface area contributed by atoms with Gasteiger partial charge in [-0.05, 0) is 37.1 Å². The Morgan fingerprint density at radius 3 is 2.61 bits per heavy atom. The number of hydrogen-bond acceptors (Lipinski definition) is 4. The van der Waals surface area contributed by atoms with Gasteiger partial charge in [0.1, 0.15) is 17.4 Å². The van der Waals surface area contributed by atoms with E-state index < -0.39 is 5.91 Å². The lowest BCUT2D eigenvalue weighted by molar-refractivity contribution is -0.112. The molecular formula is C18H19N3O2. The van der Waals surface area contributed by atoms with E-state index in [4.69, 9.17) is 4.42 Å². The number of amides is 1. The standard InChI is InChI=1S/C18H19N3O2/c1-12-5-6-13(2)16(9-12)20-18(22)14(11-19)10-15-7-8-17(23-15)21(3)4/h5-10H,1-4H3,(H,20,22)/b14-10+. The molecule has 1 aromatic heterocycles. The van der Waals surface area contributed by atoms with Crippen LogP contribution < -0.4 is 10.2 Å². The van der Waals surface area contributed by atoms with Crippen molar-refractivity contribution in [3.8, 4) is 6.07 Å². The van der Waals surface area contributed by atoms with Crippen LogP contribution in [0.1, 0.15) is 16.9 Å². The van der Waals surface area contributed by atoms with Crippen LogP contribution in [-0.2, 0) is 4.79 Å². The number of nitrogens with zero attached hydrogens (tertiary/aromatic N) is 2. The Morgan fingerprint density at radius 2 is 2.00 bits per heavy atom. The van der Waals surface area contributed by atoms with Crippen molar-refractivity contribution in [2.24, 2.45) is 0 Å². The van der Waals surface area contributed by atoms with E-state index in [2.05, 4.69) is 5.32 Å². The van der Waals surface area contributed by atoms with Crippen molar-refractivity contribution in [3.63, 3.8) is 0 Å². The molecule has 5 nitrogen and oxygen atoms in total. The predicted molar refractivity (Wildman–Crippen MR) is 91.2 cm³/mol. The van der Waals surface area contributed by atoms with E-state index in [-0.39, 0.29) is 5.57 Å². The van der Waals surface area contributed by atoms with Crippen LogP contribution in [0.3, 0.4) is 0 Å². The van der Waals surface area contributed by atoms with Crippen molar-refractivity contribution in [2.75, 3.05) is 24.3 Å². The largest absolute Gasteiger partial charge is 0.441 e. The Labute approximate surface area is 135 Å². The highest BCUT2D eigenvalue weighted by molar-refractivity contribution is 6.09. The fourth-order valence-corrected chi connectivity index (χ4v) is 2.01. The molecule has 118 valence electrons. The third kappa shape index (κ3) is 4.01. The van der Waals surface area contributed by atoms with E-state index >= 15 is 0 Å². The molecule has 0 aliphatic carbocycles. The normalized spacial score (nSPS) is 11.0. The second-order valence-electron chi connectivity index (χ2n) is 5.51. The summed E-state index contributed by atoms with van der Waals surface area (Å²) in [6.45, 7) is 3.85. The summed E-state index contributed by atoms with van der Waals surface area (Å²) in [6.07, 6.45) is 1.44. The molecule has 0 saturated heterocycles. The first-order valence-corrected chi connectivity index (χ1v) is 7.18. The number of carbonyl (C=O) groups excluding carboxylic acids is 1. The van der Waals surface area contributed by atoms with Gasteiger partial charge in [0.15, 0.2) is 5.88 Å². The van der Waals surface area contributed by atoms with Crippen LogP contribution in [0.15, 0.2) is 40.3 Å². The lowest BCUT2D eigenvalue weighted by Crippen LogP contribution is -2.14. The number of hydrogen-bond donors (Lipinski definition) is 1. The first-order chi connectivity index (χ1) is 10.9. The molecule has 2 rings (SSSR count). The summed E-state index contributed by atoms with van der Waals surface area (Å²) < 4.78 is 5.54. The average Bonchev–Trinajstić information content (AvgIpc) is 2.97. The van der Waals surface area contributed by atoms with E-state index in [9.17, 15) is 10.1 Å². The molecule has 0 aliphatic rings. The van der Waals surface area contributed by atoms with Crippen LogP contribution in [0.4, 0.5) is 11.6 Å². The lowest BCUT2D eigenvalue weighted by Gasteiger charge is -2.08. The zero-order chi connectivity index (χ0) is 17.0. The third-order valence-electron chi connectivity index (χ3n) is 3.35. The maximum absolute atomic E-state index is 12.3. The molecule has 5 heteroatoms. The van der Waals surface area contributed by atoms with Gasteiger partial charge in [-0.1, -0.05) is 12.1 Å². The summed E-state index contributed by atoms with van der Waals surface area (Å²) in [4.78, 5) is 14.1. The molecule has 0 saturated carbocycles. The average molecular weight is 309 g/mol. The number of anilines is 2. The van der Waals surface area contributed by atoms with Gasteiger partial charge in [-0.3, -0.25) is 4.79 Å². The summed E-state index contributed by atoms with van der Waals surface area (Å²) >= 11 is 0. The molecule has 0 spiro atoms. The molecule has 0 fully saturated rings. The monoisotopic (exact) mass is 309 g/mol. The smallest absolute Gasteiger partial charge is 0.266 e. The summed E-state index contributed by atoms with van der Waals surface area (Å²) in [5.74, 6) is 0.661. The van der Waals surface area contributed by atoms with Gasteiger partial charge in [0.2, 0.25) is 0 Å². The molecule has 23 heavy (non-hydrogen) atoms. The fraction of sp³-hybridized carbons (Fsp3) is 0.222. The quantitative estimate of drug-likeness (QED) is 0.693. The molecule has 0 radical (unpaired) electrons. The van der Waals surface area contributed by atoms with E-state index in [1.807, 2.05) is 52.2 Å². The maximum atomic E-state index is 12.3. The van der Waals surface area contributed by atoms with Crippen molar-refractivity contribution < 1.29 is 9.21 Å². The van der Waals surface area contributed by atoms with Gasteiger partial charge in [0.25, 0.3) is 5.91 Å². The van der Waals surface area contributed by atoms with Crippen molar-refractivity contribution in [2.45, 2.75) is 13.8 Å². The van der Waals surface area contributed by atoms with E-state index in [0.717, 1.165) is 11.1 Å². The van der Waals surface area contributed by atoms with Gasteiger partial charge in [-0.15, -0.1) is 0 Å². The van der Waals surface area contributed by atoms with Gasteiger partial charge < -0.3 is 14.6 Å². The summed E-state index contributed by atoms with van der Waals surface area (Å²) in [6, 6.07) is 11.2. The molecule has 0 aliphatic heterocycles. The van der Waals surface area contributed by atoms with Crippen LogP contribution in [0.5, 0.6) is 0 Å². The van der Waals surface area contributed by atoms with Gasteiger partial charge in [0, 0.05) is 31.9 Å². The third-order valence-corrected chi connectivity index (χ3v) is 3.35. The number of carbonyl (C=O) groups is 1. The number of rotatable bonds is 4. The molecule has 0 unspecified atom stereocenters. The van der Waals surface area contributed by atoms with Gasteiger partial charge in [-0.25, -0.2) is 0 Å².